The van der Waals surface area contributed by atoms with Crippen molar-refractivity contribution in [3.05, 3.63) is 65.5 Å². The minimum absolute atomic E-state index is 0.168. The summed E-state index contributed by atoms with van der Waals surface area (Å²) in [7, 11) is 0. The lowest BCUT2D eigenvalue weighted by Crippen LogP contribution is -2.26. The van der Waals surface area contributed by atoms with E-state index in [0.717, 1.165) is 17.7 Å². The van der Waals surface area contributed by atoms with Gasteiger partial charge in [-0.1, -0.05) is 19.1 Å². The largest absolute Gasteiger partial charge is 0.494 e. The SMILES string of the molecule is CCCOc1ccc(C(=O)NC(C)c2ccc(F)cc2)cc1. The van der Waals surface area contributed by atoms with E-state index in [9.17, 15) is 9.18 Å². The quantitative estimate of drug-likeness (QED) is 0.872. The van der Waals surface area contributed by atoms with Crippen molar-refractivity contribution in [1.29, 1.82) is 0 Å². The summed E-state index contributed by atoms with van der Waals surface area (Å²) in [5.41, 5.74) is 1.43. The van der Waals surface area contributed by atoms with Crippen molar-refractivity contribution in [3.63, 3.8) is 0 Å². The molecule has 1 unspecified atom stereocenters. The Balaban J connectivity index is 1.97. The Hall–Kier alpha value is -2.36. The second-order valence-electron chi connectivity index (χ2n) is 5.12. The first-order chi connectivity index (χ1) is 10.6. The van der Waals surface area contributed by atoms with Gasteiger partial charge in [-0.2, -0.15) is 0 Å². The van der Waals surface area contributed by atoms with Crippen LogP contribution in [-0.4, -0.2) is 12.5 Å². The Morgan fingerprint density at radius 3 is 2.36 bits per heavy atom. The van der Waals surface area contributed by atoms with E-state index in [0.29, 0.717) is 12.2 Å². The lowest BCUT2D eigenvalue weighted by atomic mass is 10.1. The highest BCUT2D eigenvalue weighted by molar-refractivity contribution is 5.94. The van der Waals surface area contributed by atoms with Gasteiger partial charge in [0.1, 0.15) is 11.6 Å². The van der Waals surface area contributed by atoms with Crippen molar-refractivity contribution in [2.24, 2.45) is 0 Å². The fourth-order valence-corrected chi connectivity index (χ4v) is 2.04. The molecule has 0 aliphatic heterocycles. The third-order valence-corrected chi connectivity index (χ3v) is 3.31. The van der Waals surface area contributed by atoms with Gasteiger partial charge in [0.2, 0.25) is 0 Å². The Morgan fingerprint density at radius 2 is 1.77 bits per heavy atom. The summed E-state index contributed by atoms with van der Waals surface area (Å²) >= 11 is 0. The van der Waals surface area contributed by atoms with Gasteiger partial charge >= 0.3 is 0 Å². The second kappa shape index (κ2) is 7.59. The molecule has 0 bridgehead atoms. The van der Waals surface area contributed by atoms with Crippen molar-refractivity contribution in [2.45, 2.75) is 26.3 Å². The van der Waals surface area contributed by atoms with E-state index in [1.54, 1.807) is 36.4 Å². The van der Waals surface area contributed by atoms with Crippen molar-refractivity contribution in [3.8, 4) is 5.75 Å². The first-order valence-electron chi connectivity index (χ1n) is 7.39. The first-order valence-corrected chi connectivity index (χ1v) is 7.39. The van der Waals surface area contributed by atoms with E-state index in [1.807, 2.05) is 13.8 Å². The molecule has 0 aliphatic carbocycles. The highest BCUT2D eigenvalue weighted by Crippen LogP contribution is 2.16. The number of benzene rings is 2. The number of amides is 1. The number of ether oxygens (including phenoxy) is 1. The number of rotatable bonds is 6. The Morgan fingerprint density at radius 1 is 1.14 bits per heavy atom. The van der Waals surface area contributed by atoms with Crippen LogP contribution in [0.4, 0.5) is 4.39 Å². The molecule has 1 amide bonds. The number of carbonyl (C=O) groups excluding carboxylic acids is 1. The van der Waals surface area contributed by atoms with Crippen LogP contribution in [0.15, 0.2) is 48.5 Å². The molecule has 0 saturated heterocycles. The van der Waals surface area contributed by atoms with Crippen LogP contribution in [0.5, 0.6) is 5.75 Å². The molecule has 1 atom stereocenters. The van der Waals surface area contributed by atoms with Gasteiger partial charge in [0.05, 0.1) is 12.6 Å². The van der Waals surface area contributed by atoms with Crippen LogP contribution >= 0.6 is 0 Å². The van der Waals surface area contributed by atoms with Gasteiger partial charge in [-0.3, -0.25) is 4.79 Å². The first kappa shape index (κ1) is 16.0. The van der Waals surface area contributed by atoms with E-state index in [1.165, 1.54) is 12.1 Å². The summed E-state index contributed by atoms with van der Waals surface area (Å²) < 4.78 is 18.4. The van der Waals surface area contributed by atoms with Gasteiger partial charge in [0.25, 0.3) is 5.91 Å². The number of nitrogens with one attached hydrogen (secondary N) is 1. The van der Waals surface area contributed by atoms with Crippen molar-refractivity contribution in [1.82, 2.24) is 5.32 Å². The molecule has 0 aliphatic rings. The summed E-state index contributed by atoms with van der Waals surface area (Å²) in [6, 6.07) is 13.0. The molecule has 0 saturated carbocycles. The predicted octanol–water partition coefficient (Wildman–Crippen LogP) is 4.11. The van der Waals surface area contributed by atoms with Crippen LogP contribution < -0.4 is 10.1 Å². The summed E-state index contributed by atoms with van der Waals surface area (Å²) in [6.07, 6.45) is 0.942. The predicted molar refractivity (Wildman–Crippen MR) is 84.5 cm³/mol. The van der Waals surface area contributed by atoms with Crippen LogP contribution in [0, 0.1) is 5.82 Å². The van der Waals surface area contributed by atoms with Crippen molar-refractivity contribution < 1.29 is 13.9 Å². The maximum atomic E-state index is 12.9. The lowest BCUT2D eigenvalue weighted by molar-refractivity contribution is 0.0940. The molecular weight excluding hydrogens is 281 g/mol. The summed E-state index contributed by atoms with van der Waals surface area (Å²) in [6.45, 7) is 4.57. The van der Waals surface area contributed by atoms with E-state index < -0.39 is 0 Å². The molecule has 0 fully saturated rings. The van der Waals surface area contributed by atoms with Gasteiger partial charge in [-0.15, -0.1) is 0 Å². The molecule has 22 heavy (non-hydrogen) atoms. The van der Waals surface area contributed by atoms with Crippen molar-refractivity contribution >= 4 is 5.91 Å². The van der Waals surface area contributed by atoms with Gasteiger partial charge in [-0.25, -0.2) is 4.39 Å². The van der Waals surface area contributed by atoms with Crippen LogP contribution in [0.2, 0.25) is 0 Å². The monoisotopic (exact) mass is 301 g/mol. The molecule has 2 rings (SSSR count). The minimum Gasteiger partial charge on any atom is -0.494 e. The highest BCUT2D eigenvalue weighted by Gasteiger charge is 2.11. The zero-order valence-electron chi connectivity index (χ0n) is 12.8. The van der Waals surface area contributed by atoms with Gasteiger partial charge < -0.3 is 10.1 Å². The number of carbonyl (C=O) groups is 1. The molecule has 0 aromatic heterocycles. The van der Waals surface area contributed by atoms with E-state index >= 15 is 0 Å². The van der Waals surface area contributed by atoms with E-state index in [4.69, 9.17) is 4.74 Å². The van der Waals surface area contributed by atoms with Crippen LogP contribution in [-0.2, 0) is 0 Å². The van der Waals surface area contributed by atoms with Gasteiger partial charge in [0, 0.05) is 5.56 Å². The molecule has 1 N–H and O–H groups in total. The maximum absolute atomic E-state index is 12.9. The maximum Gasteiger partial charge on any atom is 0.251 e. The summed E-state index contributed by atoms with van der Waals surface area (Å²) in [5, 5.41) is 2.89. The molecule has 2 aromatic rings. The lowest BCUT2D eigenvalue weighted by Gasteiger charge is -2.14. The molecule has 116 valence electrons. The molecule has 0 spiro atoms. The normalized spacial score (nSPS) is 11.8. The second-order valence-corrected chi connectivity index (χ2v) is 5.12. The Labute approximate surface area is 130 Å². The topological polar surface area (TPSA) is 38.3 Å². The zero-order valence-corrected chi connectivity index (χ0v) is 12.8. The van der Waals surface area contributed by atoms with Crippen LogP contribution in [0.1, 0.15) is 42.2 Å². The van der Waals surface area contributed by atoms with Crippen LogP contribution in [0.3, 0.4) is 0 Å². The molecule has 2 aromatic carbocycles. The third kappa shape index (κ3) is 4.32. The summed E-state index contributed by atoms with van der Waals surface area (Å²) in [5.74, 6) is 0.300. The molecular formula is C18H20FNO2. The fraction of sp³-hybridized carbons (Fsp3) is 0.278. The van der Waals surface area contributed by atoms with Crippen molar-refractivity contribution in [2.75, 3.05) is 6.61 Å². The molecule has 0 heterocycles. The third-order valence-electron chi connectivity index (χ3n) is 3.31. The Bertz CT molecular complexity index is 608. The van der Waals surface area contributed by atoms with Gasteiger partial charge in [-0.05, 0) is 55.3 Å². The minimum atomic E-state index is -0.287. The average Bonchev–Trinajstić information content (AvgIpc) is 2.54. The Kier molecular flexibility index (Phi) is 5.53. The number of halogens is 1. The number of hydrogen-bond donors (Lipinski definition) is 1. The van der Waals surface area contributed by atoms with E-state index in [2.05, 4.69) is 5.32 Å². The molecule has 0 radical (unpaired) electrons. The fourth-order valence-electron chi connectivity index (χ4n) is 2.04. The van der Waals surface area contributed by atoms with Crippen LogP contribution in [0.25, 0.3) is 0 Å². The molecule has 4 heteroatoms. The smallest absolute Gasteiger partial charge is 0.251 e. The average molecular weight is 301 g/mol. The van der Waals surface area contributed by atoms with Gasteiger partial charge in [0.15, 0.2) is 0 Å². The zero-order chi connectivity index (χ0) is 15.9. The summed E-state index contributed by atoms with van der Waals surface area (Å²) in [4.78, 5) is 12.2. The molecule has 3 nitrogen and oxygen atoms in total. The highest BCUT2D eigenvalue weighted by atomic mass is 19.1. The number of hydrogen-bond acceptors (Lipinski definition) is 2. The van der Waals surface area contributed by atoms with E-state index in [-0.39, 0.29) is 17.8 Å². The standard InChI is InChI=1S/C18H20FNO2/c1-3-12-22-17-10-6-15(7-11-17)18(21)20-13(2)14-4-8-16(19)9-5-14/h4-11,13H,3,12H2,1-2H3,(H,20,21).